The molecule has 4 rings (SSSR count). The Labute approximate surface area is 130 Å². The Hall–Kier alpha value is -1.48. The number of benzene rings is 1. The van der Waals surface area contributed by atoms with E-state index >= 15 is 0 Å². The zero-order valence-corrected chi connectivity index (χ0v) is 13.0. The maximum absolute atomic E-state index is 6.30. The lowest BCUT2D eigenvalue weighted by molar-refractivity contribution is 0.480. The fourth-order valence-electron chi connectivity index (χ4n) is 4.13. The van der Waals surface area contributed by atoms with Gasteiger partial charge in [0.25, 0.3) is 0 Å². The van der Waals surface area contributed by atoms with E-state index < -0.39 is 0 Å². The highest BCUT2D eigenvalue weighted by atomic mass is 35.5. The fraction of sp³-hybridized carbons (Fsp3) is 0.471. The molecule has 0 saturated heterocycles. The Morgan fingerprint density at radius 1 is 1.24 bits per heavy atom. The monoisotopic (exact) mass is 301 g/mol. The first-order valence-corrected chi connectivity index (χ1v) is 8.13. The van der Waals surface area contributed by atoms with Crippen LogP contribution in [0.4, 0.5) is 5.82 Å². The summed E-state index contributed by atoms with van der Waals surface area (Å²) in [5.41, 5.74) is 9.67. The van der Waals surface area contributed by atoms with Crippen LogP contribution in [0.15, 0.2) is 24.3 Å². The molecule has 110 valence electrons. The number of anilines is 1. The lowest BCUT2D eigenvalue weighted by Gasteiger charge is -2.04. The van der Waals surface area contributed by atoms with Crippen molar-refractivity contribution in [1.29, 1.82) is 0 Å². The Kier molecular flexibility index (Phi) is 3.00. The molecule has 21 heavy (non-hydrogen) atoms. The third-order valence-electron chi connectivity index (χ3n) is 5.20. The molecule has 2 fully saturated rings. The second-order valence-electron chi connectivity index (χ2n) is 6.42. The van der Waals surface area contributed by atoms with Crippen molar-refractivity contribution >= 4 is 17.4 Å². The first-order valence-electron chi connectivity index (χ1n) is 7.75. The van der Waals surface area contributed by atoms with Gasteiger partial charge in [0.05, 0.1) is 5.69 Å². The van der Waals surface area contributed by atoms with E-state index in [4.69, 9.17) is 22.4 Å². The molecule has 0 amide bonds. The molecule has 1 aromatic carbocycles. The quantitative estimate of drug-likeness (QED) is 0.902. The average Bonchev–Trinajstić information content (AvgIpc) is 3.13. The number of hydrogen-bond acceptors (Lipinski definition) is 2. The van der Waals surface area contributed by atoms with E-state index in [2.05, 4.69) is 6.07 Å². The van der Waals surface area contributed by atoms with Crippen LogP contribution in [0.3, 0.4) is 0 Å². The molecule has 2 aromatic rings. The summed E-state index contributed by atoms with van der Waals surface area (Å²) in [6, 6.07) is 7.95. The van der Waals surface area contributed by atoms with Gasteiger partial charge >= 0.3 is 0 Å². The number of rotatable bonds is 2. The van der Waals surface area contributed by atoms with Crippen molar-refractivity contribution in [3.05, 3.63) is 35.0 Å². The molecule has 0 spiro atoms. The number of nitrogens with zero attached hydrogens (tertiary/aromatic N) is 2. The maximum atomic E-state index is 6.30. The van der Waals surface area contributed by atoms with Gasteiger partial charge in [0, 0.05) is 23.6 Å². The standard InChI is InChI=1S/C17H20ClN3/c1-21-17(19)14(10-5-4-6-11(18)9-10)16(20-21)15-12-7-2-3-8-13(12)15/h4-6,9,12-13,15H,2-3,7-8,19H2,1H3. The van der Waals surface area contributed by atoms with Gasteiger partial charge in [0.15, 0.2) is 0 Å². The van der Waals surface area contributed by atoms with E-state index in [1.54, 1.807) is 0 Å². The molecule has 2 N–H and O–H groups in total. The van der Waals surface area contributed by atoms with E-state index in [0.29, 0.717) is 5.92 Å². The van der Waals surface area contributed by atoms with Crippen LogP contribution in [0.5, 0.6) is 0 Å². The molecule has 4 heteroatoms. The van der Waals surface area contributed by atoms with Crippen molar-refractivity contribution in [3.63, 3.8) is 0 Å². The van der Waals surface area contributed by atoms with Crippen molar-refractivity contribution < 1.29 is 0 Å². The van der Waals surface area contributed by atoms with Gasteiger partial charge < -0.3 is 5.73 Å². The van der Waals surface area contributed by atoms with Gasteiger partial charge in [0.1, 0.15) is 5.82 Å². The molecule has 0 radical (unpaired) electrons. The third kappa shape index (κ3) is 2.06. The van der Waals surface area contributed by atoms with Crippen LogP contribution in [0, 0.1) is 11.8 Å². The molecule has 2 atom stereocenters. The van der Waals surface area contributed by atoms with Gasteiger partial charge in [-0.15, -0.1) is 0 Å². The summed E-state index contributed by atoms with van der Waals surface area (Å²) < 4.78 is 1.82. The molecule has 2 aliphatic carbocycles. The van der Waals surface area contributed by atoms with Crippen LogP contribution < -0.4 is 5.73 Å². The summed E-state index contributed by atoms with van der Waals surface area (Å²) in [4.78, 5) is 0. The van der Waals surface area contributed by atoms with Crippen LogP contribution in [0.2, 0.25) is 5.02 Å². The second kappa shape index (κ2) is 4.77. The largest absolute Gasteiger partial charge is 0.383 e. The van der Waals surface area contributed by atoms with Crippen molar-refractivity contribution in [2.24, 2.45) is 18.9 Å². The Morgan fingerprint density at radius 3 is 2.62 bits per heavy atom. The number of hydrogen-bond donors (Lipinski definition) is 1. The summed E-state index contributed by atoms with van der Waals surface area (Å²) in [5.74, 6) is 3.00. The van der Waals surface area contributed by atoms with Gasteiger partial charge in [-0.3, -0.25) is 4.68 Å². The number of fused-ring (bicyclic) bond motifs is 1. The molecule has 2 unspecified atom stereocenters. The number of nitrogen functional groups attached to an aromatic ring is 1. The van der Waals surface area contributed by atoms with Gasteiger partial charge in [0.2, 0.25) is 0 Å². The minimum absolute atomic E-state index is 0.602. The third-order valence-corrected chi connectivity index (χ3v) is 5.44. The first-order chi connectivity index (χ1) is 10.2. The molecule has 0 aliphatic heterocycles. The molecular formula is C17H20ClN3. The summed E-state index contributed by atoms with van der Waals surface area (Å²) in [7, 11) is 1.93. The normalized spacial score (nSPS) is 27.4. The predicted molar refractivity (Wildman–Crippen MR) is 86.3 cm³/mol. The van der Waals surface area contributed by atoms with Crippen molar-refractivity contribution in [3.8, 4) is 11.1 Å². The van der Waals surface area contributed by atoms with E-state index in [1.807, 2.05) is 29.9 Å². The van der Waals surface area contributed by atoms with Crippen LogP contribution in [-0.2, 0) is 7.05 Å². The predicted octanol–water partition coefficient (Wildman–Crippen LogP) is 4.23. The molecule has 1 heterocycles. The Balaban J connectivity index is 1.80. The van der Waals surface area contributed by atoms with E-state index in [-0.39, 0.29) is 0 Å². The van der Waals surface area contributed by atoms with E-state index in [9.17, 15) is 0 Å². The smallest absolute Gasteiger partial charge is 0.129 e. The molecule has 1 aromatic heterocycles. The molecular weight excluding hydrogens is 282 g/mol. The first kappa shape index (κ1) is 13.2. The molecule has 2 saturated carbocycles. The van der Waals surface area contributed by atoms with Gasteiger partial charge in [-0.2, -0.15) is 5.10 Å². The Morgan fingerprint density at radius 2 is 1.95 bits per heavy atom. The molecule has 3 nitrogen and oxygen atoms in total. The van der Waals surface area contributed by atoms with Crippen LogP contribution >= 0.6 is 11.6 Å². The van der Waals surface area contributed by atoms with Gasteiger partial charge in [-0.1, -0.05) is 36.6 Å². The minimum Gasteiger partial charge on any atom is -0.383 e. The van der Waals surface area contributed by atoms with E-state index in [0.717, 1.165) is 33.8 Å². The number of nitrogens with two attached hydrogens (primary N) is 1. The minimum atomic E-state index is 0.602. The fourth-order valence-corrected chi connectivity index (χ4v) is 4.32. The number of halogens is 1. The van der Waals surface area contributed by atoms with E-state index in [1.165, 1.54) is 31.4 Å². The summed E-state index contributed by atoms with van der Waals surface area (Å²) >= 11 is 6.16. The van der Waals surface area contributed by atoms with Gasteiger partial charge in [-0.25, -0.2) is 0 Å². The lowest BCUT2D eigenvalue weighted by atomic mass is 10.0. The summed E-state index contributed by atoms with van der Waals surface area (Å²) in [5, 5.41) is 5.50. The van der Waals surface area contributed by atoms with Crippen molar-refractivity contribution in [2.45, 2.75) is 31.6 Å². The maximum Gasteiger partial charge on any atom is 0.129 e. The topological polar surface area (TPSA) is 43.8 Å². The van der Waals surface area contributed by atoms with Crippen LogP contribution in [0.25, 0.3) is 11.1 Å². The van der Waals surface area contributed by atoms with Gasteiger partial charge in [-0.05, 0) is 42.4 Å². The lowest BCUT2D eigenvalue weighted by Crippen LogP contribution is -1.98. The second-order valence-corrected chi connectivity index (χ2v) is 6.85. The molecule has 2 aliphatic rings. The van der Waals surface area contributed by atoms with Crippen LogP contribution in [0.1, 0.15) is 37.3 Å². The highest BCUT2D eigenvalue weighted by molar-refractivity contribution is 6.30. The highest BCUT2D eigenvalue weighted by Gasteiger charge is 2.53. The number of aryl methyl sites for hydroxylation is 1. The number of aromatic nitrogens is 2. The van der Waals surface area contributed by atoms with Crippen molar-refractivity contribution in [1.82, 2.24) is 9.78 Å². The SMILES string of the molecule is Cn1nc(C2C3CCCCC32)c(-c2cccc(Cl)c2)c1N. The van der Waals surface area contributed by atoms with Crippen LogP contribution in [-0.4, -0.2) is 9.78 Å². The average molecular weight is 302 g/mol. The summed E-state index contributed by atoms with van der Waals surface area (Å²) in [6.45, 7) is 0. The molecule has 0 bridgehead atoms. The highest BCUT2D eigenvalue weighted by Crippen LogP contribution is 2.62. The zero-order chi connectivity index (χ0) is 14.6. The Bertz CT molecular complexity index is 679. The zero-order valence-electron chi connectivity index (χ0n) is 12.2. The summed E-state index contributed by atoms with van der Waals surface area (Å²) in [6.07, 6.45) is 5.43. The van der Waals surface area contributed by atoms with Crippen molar-refractivity contribution in [2.75, 3.05) is 5.73 Å².